The van der Waals surface area contributed by atoms with Gasteiger partial charge in [-0.1, -0.05) is 24.6 Å². The van der Waals surface area contributed by atoms with Gasteiger partial charge >= 0.3 is 0 Å². The first kappa shape index (κ1) is 18.7. The SMILES string of the molecule is Cc1ccc(NS(=O)(=O)CC(C)C(=O)N2CCOCC2(C)C)cc1. The van der Waals surface area contributed by atoms with E-state index in [1.54, 1.807) is 24.0 Å². The number of morpholine rings is 1. The van der Waals surface area contributed by atoms with Crippen LogP contribution in [0.1, 0.15) is 26.3 Å². The van der Waals surface area contributed by atoms with Crippen LogP contribution in [0.2, 0.25) is 0 Å². The van der Waals surface area contributed by atoms with Gasteiger partial charge in [0, 0.05) is 12.2 Å². The number of aryl methyl sites for hydroxylation is 1. The van der Waals surface area contributed by atoms with Gasteiger partial charge in [-0.15, -0.1) is 0 Å². The molecule has 0 aliphatic carbocycles. The molecule has 0 spiro atoms. The Balaban J connectivity index is 2.02. The zero-order valence-electron chi connectivity index (χ0n) is 14.7. The second kappa shape index (κ2) is 7.11. The number of carbonyl (C=O) groups is 1. The van der Waals surface area contributed by atoms with Gasteiger partial charge in [-0.05, 0) is 32.9 Å². The summed E-state index contributed by atoms with van der Waals surface area (Å²) in [6.07, 6.45) is 0. The Labute approximate surface area is 144 Å². The van der Waals surface area contributed by atoms with Gasteiger partial charge in [0.1, 0.15) is 0 Å². The summed E-state index contributed by atoms with van der Waals surface area (Å²) < 4.78 is 32.6. The van der Waals surface area contributed by atoms with Crippen LogP contribution in [0.4, 0.5) is 5.69 Å². The number of nitrogens with zero attached hydrogens (tertiary/aromatic N) is 1. The summed E-state index contributed by atoms with van der Waals surface area (Å²) in [6.45, 7) is 8.87. The Kier molecular flexibility index (Phi) is 5.55. The van der Waals surface area contributed by atoms with Crippen LogP contribution in [0.15, 0.2) is 24.3 Å². The van der Waals surface area contributed by atoms with E-state index < -0.39 is 21.5 Å². The second-order valence-corrected chi connectivity index (χ2v) is 8.77. The summed E-state index contributed by atoms with van der Waals surface area (Å²) in [4.78, 5) is 14.4. The number of hydrogen-bond acceptors (Lipinski definition) is 4. The second-order valence-electron chi connectivity index (χ2n) is 7.01. The van der Waals surface area contributed by atoms with Crippen molar-refractivity contribution in [2.24, 2.45) is 5.92 Å². The predicted molar refractivity (Wildman–Crippen MR) is 94.4 cm³/mol. The molecule has 1 aromatic rings. The summed E-state index contributed by atoms with van der Waals surface area (Å²) >= 11 is 0. The first-order valence-electron chi connectivity index (χ1n) is 8.07. The minimum absolute atomic E-state index is 0.155. The van der Waals surface area contributed by atoms with Gasteiger partial charge in [0.2, 0.25) is 15.9 Å². The van der Waals surface area contributed by atoms with Crippen LogP contribution in [-0.4, -0.2) is 50.3 Å². The molecule has 1 heterocycles. The fourth-order valence-corrected chi connectivity index (χ4v) is 4.16. The van der Waals surface area contributed by atoms with Crippen molar-refractivity contribution in [2.75, 3.05) is 30.2 Å². The predicted octanol–water partition coefficient (Wildman–Crippen LogP) is 2.01. The highest BCUT2D eigenvalue weighted by Gasteiger charge is 2.37. The average molecular weight is 354 g/mol. The largest absolute Gasteiger partial charge is 0.377 e. The van der Waals surface area contributed by atoms with Gasteiger partial charge in [0.05, 0.1) is 30.4 Å². The van der Waals surface area contributed by atoms with Crippen molar-refractivity contribution < 1.29 is 17.9 Å². The molecule has 1 aliphatic heterocycles. The van der Waals surface area contributed by atoms with E-state index in [4.69, 9.17) is 4.74 Å². The number of hydrogen-bond donors (Lipinski definition) is 1. The summed E-state index contributed by atoms with van der Waals surface area (Å²) in [5.74, 6) is -1.02. The molecule has 7 heteroatoms. The van der Waals surface area contributed by atoms with Crippen molar-refractivity contribution >= 4 is 21.6 Å². The van der Waals surface area contributed by atoms with Crippen molar-refractivity contribution in [1.29, 1.82) is 0 Å². The molecule has 24 heavy (non-hydrogen) atoms. The molecular formula is C17H26N2O4S. The van der Waals surface area contributed by atoms with E-state index in [2.05, 4.69) is 4.72 Å². The lowest BCUT2D eigenvalue weighted by molar-refractivity contribution is -0.149. The maximum Gasteiger partial charge on any atom is 0.233 e. The molecule has 0 radical (unpaired) electrons. The lowest BCUT2D eigenvalue weighted by Crippen LogP contribution is -2.57. The van der Waals surface area contributed by atoms with Crippen molar-refractivity contribution in [1.82, 2.24) is 4.90 Å². The third-order valence-corrected chi connectivity index (χ3v) is 5.61. The lowest BCUT2D eigenvalue weighted by Gasteiger charge is -2.43. The molecule has 1 aliphatic rings. The first-order valence-corrected chi connectivity index (χ1v) is 9.72. The number of ether oxygens (including phenoxy) is 1. The first-order chi connectivity index (χ1) is 11.1. The molecule has 0 bridgehead atoms. The summed E-state index contributed by atoms with van der Waals surface area (Å²) in [5.41, 5.74) is 1.14. The van der Waals surface area contributed by atoms with Crippen LogP contribution in [0.25, 0.3) is 0 Å². The van der Waals surface area contributed by atoms with Crippen molar-refractivity contribution in [3.05, 3.63) is 29.8 Å². The fraction of sp³-hybridized carbons (Fsp3) is 0.588. The molecular weight excluding hydrogens is 328 g/mol. The number of amides is 1. The van der Waals surface area contributed by atoms with Crippen LogP contribution in [0.5, 0.6) is 0 Å². The number of carbonyl (C=O) groups excluding carboxylic acids is 1. The van der Waals surface area contributed by atoms with E-state index in [1.807, 2.05) is 32.9 Å². The van der Waals surface area contributed by atoms with Crippen molar-refractivity contribution in [3.63, 3.8) is 0 Å². The molecule has 0 aromatic heterocycles. The van der Waals surface area contributed by atoms with Crippen molar-refractivity contribution in [3.8, 4) is 0 Å². The normalized spacial score (nSPS) is 18.9. The maximum absolute atomic E-state index is 12.7. The number of benzene rings is 1. The topological polar surface area (TPSA) is 75.7 Å². The van der Waals surface area contributed by atoms with Gasteiger partial charge < -0.3 is 9.64 Å². The van der Waals surface area contributed by atoms with E-state index in [0.29, 0.717) is 25.4 Å². The van der Waals surface area contributed by atoms with Crippen LogP contribution >= 0.6 is 0 Å². The Morgan fingerprint density at radius 3 is 2.54 bits per heavy atom. The van der Waals surface area contributed by atoms with E-state index in [1.165, 1.54) is 0 Å². The third kappa shape index (κ3) is 4.70. The monoisotopic (exact) mass is 354 g/mol. The molecule has 1 unspecified atom stereocenters. The summed E-state index contributed by atoms with van der Waals surface area (Å²) in [7, 11) is -3.60. The molecule has 1 aromatic carbocycles. The molecule has 6 nitrogen and oxygen atoms in total. The maximum atomic E-state index is 12.7. The highest BCUT2D eigenvalue weighted by molar-refractivity contribution is 7.92. The van der Waals surface area contributed by atoms with Crippen LogP contribution in [0, 0.1) is 12.8 Å². The smallest absolute Gasteiger partial charge is 0.233 e. The van der Waals surface area contributed by atoms with Gasteiger partial charge in [-0.25, -0.2) is 8.42 Å². The Hall–Kier alpha value is -1.60. The molecule has 1 saturated heterocycles. The summed E-state index contributed by atoms with van der Waals surface area (Å²) in [5, 5.41) is 0. The lowest BCUT2D eigenvalue weighted by atomic mass is 10.00. The zero-order valence-corrected chi connectivity index (χ0v) is 15.5. The van der Waals surface area contributed by atoms with E-state index in [0.717, 1.165) is 5.56 Å². The van der Waals surface area contributed by atoms with Crippen LogP contribution < -0.4 is 4.72 Å². The minimum Gasteiger partial charge on any atom is -0.377 e. The number of nitrogens with one attached hydrogen (secondary N) is 1. The van der Waals surface area contributed by atoms with Crippen LogP contribution in [-0.2, 0) is 19.6 Å². The molecule has 2 rings (SSSR count). The standard InChI is InChI=1S/C17H26N2O4S/c1-13-5-7-15(8-6-13)18-24(21,22)11-14(2)16(20)19-9-10-23-12-17(19,3)4/h5-8,14,18H,9-12H2,1-4H3. The average Bonchev–Trinajstić information content (AvgIpc) is 2.48. The molecule has 1 fully saturated rings. The zero-order chi connectivity index (χ0) is 18.0. The Bertz CT molecular complexity index is 683. The minimum atomic E-state index is -3.60. The van der Waals surface area contributed by atoms with Crippen LogP contribution in [0.3, 0.4) is 0 Å². The number of anilines is 1. The Morgan fingerprint density at radius 2 is 1.96 bits per heavy atom. The quantitative estimate of drug-likeness (QED) is 0.878. The molecule has 1 amide bonds. The van der Waals surface area contributed by atoms with E-state index >= 15 is 0 Å². The van der Waals surface area contributed by atoms with E-state index in [-0.39, 0.29) is 11.7 Å². The summed E-state index contributed by atoms with van der Waals surface area (Å²) in [6, 6.07) is 7.10. The Morgan fingerprint density at radius 1 is 1.33 bits per heavy atom. The van der Waals surface area contributed by atoms with Gasteiger partial charge in [-0.2, -0.15) is 0 Å². The van der Waals surface area contributed by atoms with Gasteiger partial charge in [0.15, 0.2) is 0 Å². The van der Waals surface area contributed by atoms with Gasteiger partial charge in [-0.3, -0.25) is 9.52 Å². The molecule has 1 N–H and O–H groups in total. The van der Waals surface area contributed by atoms with E-state index in [9.17, 15) is 13.2 Å². The highest BCUT2D eigenvalue weighted by atomic mass is 32.2. The molecule has 0 saturated carbocycles. The third-order valence-electron chi connectivity index (χ3n) is 4.13. The fourth-order valence-electron chi connectivity index (χ4n) is 2.78. The van der Waals surface area contributed by atoms with Gasteiger partial charge in [0.25, 0.3) is 0 Å². The molecule has 1 atom stereocenters. The van der Waals surface area contributed by atoms with Crippen molar-refractivity contribution in [2.45, 2.75) is 33.2 Å². The molecule has 134 valence electrons. The highest BCUT2D eigenvalue weighted by Crippen LogP contribution is 2.22. The number of sulfonamides is 1. The number of rotatable bonds is 5.